The van der Waals surface area contributed by atoms with E-state index >= 15 is 0 Å². The van der Waals surface area contributed by atoms with Gasteiger partial charge in [-0.1, -0.05) is 12.1 Å². The second-order valence-corrected chi connectivity index (χ2v) is 5.50. The number of nitrogens with one attached hydrogen (secondary N) is 2. The van der Waals surface area contributed by atoms with Crippen LogP contribution in [0.2, 0.25) is 0 Å². The van der Waals surface area contributed by atoms with Crippen molar-refractivity contribution in [2.45, 2.75) is 12.7 Å². The number of hydrogen-bond acceptors (Lipinski definition) is 3. The number of benzene rings is 2. The van der Waals surface area contributed by atoms with E-state index in [1.54, 1.807) is 0 Å². The van der Waals surface area contributed by atoms with E-state index in [0.29, 0.717) is 11.8 Å². The Balaban J connectivity index is 1.81. The molecule has 1 aliphatic rings. The maximum atomic E-state index is 13.1. The van der Waals surface area contributed by atoms with Gasteiger partial charge in [0.15, 0.2) is 12.4 Å². The maximum Gasteiger partial charge on any atom is 0.416 e. The third-order valence-electron chi connectivity index (χ3n) is 3.70. The van der Waals surface area contributed by atoms with Crippen LogP contribution < -0.4 is 15.4 Å². The van der Waals surface area contributed by atoms with Gasteiger partial charge in [-0.3, -0.25) is 9.59 Å². The van der Waals surface area contributed by atoms with Gasteiger partial charge in [-0.25, -0.2) is 4.39 Å². The van der Waals surface area contributed by atoms with E-state index in [1.807, 2.05) is 0 Å². The van der Waals surface area contributed by atoms with E-state index in [4.69, 9.17) is 4.74 Å². The normalized spacial score (nSPS) is 13.5. The molecule has 1 aliphatic heterocycles. The SMILES string of the molecule is O=C1COc2c(cccc2C(=O)NCc2ccc(F)cc2C(F)(F)F)N1. The molecule has 0 fully saturated rings. The zero-order chi connectivity index (χ0) is 18.9. The van der Waals surface area contributed by atoms with Gasteiger partial charge in [-0.2, -0.15) is 13.2 Å². The van der Waals surface area contributed by atoms with Crippen LogP contribution in [-0.2, 0) is 17.5 Å². The molecule has 26 heavy (non-hydrogen) atoms. The Labute approximate surface area is 145 Å². The van der Waals surface area contributed by atoms with Crippen LogP contribution in [0.3, 0.4) is 0 Å². The number of carbonyl (C=O) groups is 2. The van der Waals surface area contributed by atoms with Gasteiger partial charge in [0.1, 0.15) is 5.82 Å². The summed E-state index contributed by atoms with van der Waals surface area (Å²) in [5.74, 6) is -1.94. The summed E-state index contributed by atoms with van der Waals surface area (Å²) in [5, 5.41) is 4.88. The Morgan fingerprint density at radius 2 is 2.00 bits per heavy atom. The van der Waals surface area contributed by atoms with Crippen molar-refractivity contribution in [1.82, 2.24) is 5.32 Å². The number of ether oxygens (including phenoxy) is 1. The third-order valence-corrected chi connectivity index (χ3v) is 3.70. The summed E-state index contributed by atoms with van der Waals surface area (Å²) >= 11 is 0. The van der Waals surface area contributed by atoms with Gasteiger partial charge in [-0.05, 0) is 29.8 Å². The highest BCUT2D eigenvalue weighted by molar-refractivity contribution is 6.03. The van der Waals surface area contributed by atoms with Gasteiger partial charge in [0.25, 0.3) is 11.8 Å². The highest BCUT2D eigenvalue weighted by Gasteiger charge is 2.34. The Bertz CT molecular complexity index is 881. The molecule has 2 amide bonds. The van der Waals surface area contributed by atoms with Gasteiger partial charge in [0.05, 0.1) is 16.8 Å². The first-order valence-electron chi connectivity index (χ1n) is 7.45. The number of para-hydroxylation sites is 1. The van der Waals surface area contributed by atoms with Crippen LogP contribution in [0.15, 0.2) is 36.4 Å². The smallest absolute Gasteiger partial charge is 0.416 e. The minimum atomic E-state index is -4.75. The van der Waals surface area contributed by atoms with Crippen molar-refractivity contribution in [3.63, 3.8) is 0 Å². The van der Waals surface area contributed by atoms with Crippen molar-refractivity contribution >= 4 is 17.5 Å². The highest BCUT2D eigenvalue weighted by atomic mass is 19.4. The molecule has 2 aromatic rings. The second-order valence-electron chi connectivity index (χ2n) is 5.50. The topological polar surface area (TPSA) is 67.4 Å². The highest BCUT2D eigenvalue weighted by Crippen LogP contribution is 2.33. The van der Waals surface area contributed by atoms with Gasteiger partial charge in [-0.15, -0.1) is 0 Å². The fourth-order valence-electron chi connectivity index (χ4n) is 2.53. The number of alkyl halides is 3. The summed E-state index contributed by atoms with van der Waals surface area (Å²) in [4.78, 5) is 23.6. The third kappa shape index (κ3) is 3.61. The molecule has 0 radical (unpaired) electrons. The summed E-state index contributed by atoms with van der Waals surface area (Å²) in [7, 11) is 0. The molecule has 2 aromatic carbocycles. The van der Waals surface area contributed by atoms with E-state index in [0.717, 1.165) is 12.1 Å². The number of halogens is 4. The second kappa shape index (κ2) is 6.66. The van der Waals surface area contributed by atoms with Crippen molar-refractivity contribution in [3.8, 4) is 5.75 Å². The molecular weight excluding hydrogens is 356 g/mol. The van der Waals surface area contributed by atoms with Crippen molar-refractivity contribution in [1.29, 1.82) is 0 Å². The molecule has 0 saturated carbocycles. The molecule has 3 rings (SSSR count). The molecule has 0 aromatic heterocycles. The van der Waals surface area contributed by atoms with Crippen LogP contribution >= 0.6 is 0 Å². The van der Waals surface area contributed by atoms with Gasteiger partial charge in [0, 0.05) is 6.54 Å². The first-order chi connectivity index (χ1) is 12.3. The maximum absolute atomic E-state index is 13.1. The predicted molar refractivity (Wildman–Crippen MR) is 83.1 cm³/mol. The largest absolute Gasteiger partial charge is 0.481 e. The van der Waals surface area contributed by atoms with E-state index < -0.39 is 30.0 Å². The molecule has 0 unspecified atom stereocenters. The molecule has 0 bridgehead atoms. The predicted octanol–water partition coefficient (Wildman–Crippen LogP) is 3.11. The van der Waals surface area contributed by atoms with E-state index in [1.165, 1.54) is 18.2 Å². The van der Waals surface area contributed by atoms with Gasteiger partial charge < -0.3 is 15.4 Å². The number of rotatable bonds is 3. The summed E-state index contributed by atoms with van der Waals surface area (Å²) in [6.07, 6.45) is -4.75. The molecule has 5 nitrogen and oxygen atoms in total. The van der Waals surface area contributed by atoms with Gasteiger partial charge in [0.2, 0.25) is 0 Å². The molecule has 136 valence electrons. The van der Waals surface area contributed by atoms with E-state index in [2.05, 4.69) is 10.6 Å². The quantitative estimate of drug-likeness (QED) is 0.819. The fraction of sp³-hybridized carbons (Fsp3) is 0.176. The molecule has 1 heterocycles. The lowest BCUT2D eigenvalue weighted by atomic mass is 10.1. The molecule has 0 aliphatic carbocycles. The molecular formula is C17H12F4N2O3. The number of amides is 2. The van der Waals surface area contributed by atoms with Crippen molar-refractivity contribution in [2.24, 2.45) is 0 Å². The van der Waals surface area contributed by atoms with Crippen molar-refractivity contribution in [2.75, 3.05) is 11.9 Å². The van der Waals surface area contributed by atoms with E-state index in [-0.39, 0.29) is 29.4 Å². The minimum Gasteiger partial charge on any atom is -0.481 e. The molecule has 9 heteroatoms. The van der Waals surface area contributed by atoms with Crippen LogP contribution in [-0.4, -0.2) is 18.4 Å². The van der Waals surface area contributed by atoms with Gasteiger partial charge >= 0.3 is 6.18 Å². The molecule has 0 saturated heterocycles. The zero-order valence-corrected chi connectivity index (χ0v) is 13.1. The van der Waals surface area contributed by atoms with Crippen LogP contribution in [0.5, 0.6) is 5.75 Å². The minimum absolute atomic E-state index is 0.0678. The van der Waals surface area contributed by atoms with Crippen LogP contribution in [0.1, 0.15) is 21.5 Å². The van der Waals surface area contributed by atoms with Crippen molar-refractivity contribution < 1.29 is 31.9 Å². The fourth-order valence-corrected chi connectivity index (χ4v) is 2.53. The lowest BCUT2D eigenvalue weighted by Gasteiger charge is -2.20. The number of anilines is 1. The Kier molecular flexibility index (Phi) is 4.54. The van der Waals surface area contributed by atoms with Crippen LogP contribution in [0.25, 0.3) is 0 Å². The lowest BCUT2D eigenvalue weighted by Crippen LogP contribution is -2.29. The Morgan fingerprint density at radius 1 is 1.23 bits per heavy atom. The first kappa shape index (κ1) is 17.7. The van der Waals surface area contributed by atoms with Crippen LogP contribution in [0.4, 0.5) is 23.2 Å². The number of carbonyl (C=O) groups excluding carboxylic acids is 2. The number of fused-ring (bicyclic) bond motifs is 1. The van der Waals surface area contributed by atoms with E-state index in [9.17, 15) is 27.2 Å². The molecule has 2 N–H and O–H groups in total. The molecule has 0 spiro atoms. The Morgan fingerprint density at radius 3 is 2.73 bits per heavy atom. The average Bonchev–Trinajstić information content (AvgIpc) is 2.58. The summed E-state index contributed by atoms with van der Waals surface area (Å²) in [6.45, 7) is -0.725. The molecule has 0 atom stereocenters. The zero-order valence-electron chi connectivity index (χ0n) is 13.1. The van der Waals surface area contributed by atoms with Crippen LogP contribution in [0, 0.1) is 5.82 Å². The average molecular weight is 368 g/mol. The standard InChI is InChI=1S/C17H12F4N2O3/c18-10-5-4-9(12(6-10)17(19,20)21)7-22-16(25)11-2-1-3-13-15(11)26-8-14(24)23-13/h1-6H,7-8H2,(H,22,25)(H,23,24). The van der Waals surface area contributed by atoms with Crippen molar-refractivity contribution in [3.05, 3.63) is 58.9 Å². The first-order valence-corrected chi connectivity index (χ1v) is 7.45. The lowest BCUT2D eigenvalue weighted by molar-refractivity contribution is -0.138. The summed E-state index contributed by atoms with van der Waals surface area (Å²) in [5.41, 5.74) is -1.06. The summed E-state index contributed by atoms with van der Waals surface area (Å²) < 4.78 is 57.3. The monoisotopic (exact) mass is 368 g/mol. The number of hydrogen-bond donors (Lipinski definition) is 2. The Hall–Kier alpha value is -3.10. The summed E-state index contributed by atoms with van der Waals surface area (Å²) in [6, 6.07) is 6.69.